The largest absolute Gasteiger partial charge is 0.370 e. The van der Waals surface area contributed by atoms with Crippen LogP contribution in [0.5, 0.6) is 0 Å². The molecule has 4 aromatic heterocycles. The third kappa shape index (κ3) is 4.08. The molecule has 0 spiro atoms. The van der Waals surface area contributed by atoms with Gasteiger partial charge in [0.05, 0.1) is 46.7 Å². The molecule has 0 radical (unpaired) electrons. The molecule has 3 N–H and O–H groups in total. The van der Waals surface area contributed by atoms with Crippen LogP contribution in [0.15, 0.2) is 55.1 Å². The zero-order valence-corrected chi connectivity index (χ0v) is 20.5. The van der Waals surface area contributed by atoms with Crippen molar-refractivity contribution < 1.29 is 4.79 Å². The van der Waals surface area contributed by atoms with E-state index in [4.69, 9.17) is 0 Å². The van der Waals surface area contributed by atoms with Crippen LogP contribution in [0.3, 0.4) is 0 Å². The maximum Gasteiger partial charge on any atom is 0.226 e. The Morgan fingerprint density at radius 1 is 0.917 bits per heavy atom. The topological polar surface area (TPSA) is 103 Å². The quantitative estimate of drug-likeness (QED) is 0.298. The average Bonchev–Trinajstić information content (AvgIpc) is 3.53. The molecule has 1 amide bonds. The number of carbonyl (C=O) groups is 1. The normalized spacial score (nSPS) is 14.1. The molecule has 8 heteroatoms. The summed E-state index contributed by atoms with van der Waals surface area (Å²) in [5.74, 6) is -0.126. The van der Waals surface area contributed by atoms with Gasteiger partial charge in [-0.3, -0.25) is 19.9 Å². The van der Waals surface area contributed by atoms with E-state index in [1.807, 2.05) is 50.6 Å². The van der Waals surface area contributed by atoms with Crippen LogP contribution in [0, 0.1) is 5.92 Å². The van der Waals surface area contributed by atoms with Crippen molar-refractivity contribution >= 4 is 39.1 Å². The molecule has 182 valence electrons. The molecule has 8 nitrogen and oxygen atoms in total. The minimum Gasteiger partial charge on any atom is -0.370 e. The van der Waals surface area contributed by atoms with Crippen molar-refractivity contribution in [3.05, 3.63) is 55.1 Å². The molecule has 0 bridgehead atoms. The van der Waals surface area contributed by atoms with Gasteiger partial charge in [-0.15, -0.1) is 0 Å². The Bertz CT molecular complexity index is 1560. The predicted molar refractivity (Wildman–Crippen MR) is 144 cm³/mol. The summed E-state index contributed by atoms with van der Waals surface area (Å²) >= 11 is 0. The first kappa shape index (κ1) is 22.3. The van der Waals surface area contributed by atoms with E-state index in [9.17, 15) is 4.79 Å². The maximum atomic E-state index is 12.1. The molecule has 5 aromatic rings. The summed E-state index contributed by atoms with van der Waals surface area (Å²) in [7, 11) is 0. The molecule has 1 aliphatic rings. The Balaban J connectivity index is 1.38. The summed E-state index contributed by atoms with van der Waals surface area (Å²) in [6, 6.07) is 10.3. The Labute approximate surface area is 209 Å². The number of piperidine rings is 1. The van der Waals surface area contributed by atoms with E-state index >= 15 is 0 Å². The average molecular weight is 480 g/mol. The Morgan fingerprint density at radius 3 is 2.58 bits per heavy atom. The number of hydrogen-bond donors (Lipinski definition) is 3. The van der Waals surface area contributed by atoms with Gasteiger partial charge in [-0.1, -0.05) is 19.9 Å². The number of H-pyrrole nitrogens is 2. The molecular weight excluding hydrogens is 450 g/mol. The summed E-state index contributed by atoms with van der Waals surface area (Å²) in [4.78, 5) is 27.0. The lowest BCUT2D eigenvalue weighted by molar-refractivity contribution is -0.118. The van der Waals surface area contributed by atoms with Crippen molar-refractivity contribution in [3.8, 4) is 22.5 Å². The second-order valence-electron chi connectivity index (χ2n) is 9.79. The predicted octanol–water partition coefficient (Wildman–Crippen LogP) is 5.75. The lowest BCUT2D eigenvalue weighted by atomic mass is 10.0. The molecule has 36 heavy (non-hydrogen) atoms. The Morgan fingerprint density at radius 2 is 1.75 bits per heavy atom. The SMILES string of the molecule is CC(C)C(=O)Nc1cncc(-c2ccc3[nH]nc(-c4cc5c(N6CCCCC6)cncc5[nH]4)c3c2)c1. The number of hydrogen-bond acceptors (Lipinski definition) is 5. The standard InChI is InChI=1S/C28H29N7O/c1-17(2)28(36)31-20-10-19(13-29-14-20)18-6-7-23-22(11-18)27(34-33-23)24-12-21-25(32-24)15-30-16-26(21)35-8-4-3-5-9-35/h6-7,10-17,32H,3-5,8-9H2,1-2H3,(H,31,36)(H,33,34). The fraction of sp³-hybridized carbons (Fsp3) is 0.286. The van der Waals surface area contributed by atoms with Gasteiger partial charge in [-0.25, -0.2) is 0 Å². The lowest BCUT2D eigenvalue weighted by Gasteiger charge is -2.28. The number of amides is 1. The highest BCUT2D eigenvalue weighted by molar-refractivity contribution is 6.00. The smallest absolute Gasteiger partial charge is 0.226 e. The summed E-state index contributed by atoms with van der Waals surface area (Å²) in [6.07, 6.45) is 11.1. The van der Waals surface area contributed by atoms with Gasteiger partial charge >= 0.3 is 0 Å². The minimum atomic E-state index is -0.0968. The lowest BCUT2D eigenvalue weighted by Crippen LogP contribution is -2.29. The number of rotatable bonds is 5. The van der Waals surface area contributed by atoms with Crippen molar-refractivity contribution in [3.63, 3.8) is 0 Å². The van der Waals surface area contributed by atoms with Gasteiger partial charge in [0, 0.05) is 41.5 Å². The number of aromatic amines is 2. The van der Waals surface area contributed by atoms with Crippen molar-refractivity contribution in [2.45, 2.75) is 33.1 Å². The summed E-state index contributed by atoms with van der Waals surface area (Å²) in [5, 5.41) is 12.9. The van der Waals surface area contributed by atoms with Gasteiger partial charge in [0.1, 0.15) is 5.69 Å². The molecule has 5 heterocycles. The fourth-order valence-electron chi connectivity index (χ4n) is 4.90. The molecule has 1 saturated heterocycles. The van der Waals surface area contributed by atoms with Crippen molar-refractivity contribution in [2.24, 2.45) is 5.92 Å². The number of pyridine rings is 2. The molecule has 6 rings (SSSR count). The van der Waals surface area contributed by atoms with Crippen molar-refractivity contribution in [2.75, 3.05) is 23.3 Å². The number of aromatic nitrogens is 5. The maximum absolute atomic E-state index is 12.1. The summed E-state index contributed by atoms with van der Waals surface area (Å²) in [6.45, 7) is 5.88. The first-order valence-electron chi connectivity index (χ1n) is 12.5. The third-order valence-electron chi connectivity index (χ3n) is 6.90. The molecule has 0 saturated carbocycles. The Hall–Kier alpha value is -4.20. The van der Waals surface area contributed by atoms with Gasteiger partial charge in [-0.2, -0.15) is 5.10 Å². The number of nitrogens with one attached hydrogen (secondary N) is 3. The second kappa shape index (κ2) is 9.11. The summed E-state index contributed by atoms with van der Waals surface area (Å²) < 4.78 is 0. The van der Waals surface area contributed by atoms with Crippen LogP contribution in [-0.4, -0.2) is 44.1 Å². The van der Waals surface area contributed by atoms with Crippen LogP contribution < -0.4 is 10.2 Å². The van der Waals surface area contributed by atoms with Gasteiger partial charge in [0.25, 0.3) is 0 Å². The molecule has 1 aromatic carbocycles. The first-order valence-corrected chi connectivity index (χ1v) is 12.5. The van der Waals surface area contributed by atoms with Gasteiger partial charge in [0.2, 0.25) is 5.91 Å². The Kier molecular flexibility index (Phi) is 5.64. The molecule has 1 aliphatic heterocycles. The number of carbonyl (C=O) groups excluding carboxylic acids is 1. The molecular formula is C28H29N7O. The van der Waals surface area contributed by atoms with Gasteiger partial charge in [0.15, 0.2) is 0 Å². The second-order valence-corrected chi connectivity index (χ2v) is 9.79. The molecule has 0 atom stereocenters. The van der Waals surface area contributed by atoms with Crippen LogP contribution in [0.2, 0.25) is 0 Å². The van der Waals surface area contributed by atoms with Crippen LogP contribution in [0.1, 0.15) is 33.1 Å². The number of nitrogens with zero attached hydrogens (tertiary/aromatic N) is 4. The highest BCUT2D eigenvalue weighted by Gasteiger charge is 2.18. The van der Waals surface area contributed by atoms with E-state index in [1.165, 1.54) is 30.3 Å². The zero-order valence-electron chi connectivity index (χ0n) is 20.5. The zero-order chi connectivity index (χ0) is 24.6. The fourth-order valence-corrected chi connectivity index (χ4v) is 4.90. The van der Waals surface area contributed by atoms with Crippen molar-refractivity contribution in [1.82, 2.24) is 25.1 Å². The highest BCUT2D eigenvalue weighted by Crippen LogP contribution is 2.35. The van der Waals surface area contributed by atoms with E-state index in [0.717, 1.165) is 52.0 Å². The first-order chi connectivity index (χ1) is 17.6. The summed E-state index contributed by atoms with van der Waals surface area (Å²) in [5.41, 5.74) is 7.59. The van der Waals surface area contributed by atoms with Crippen LogP contribution in [0.4, 0.5) is 11.4 Å². The number of fused-ring (bicyclic) bond motifs is 2. The van der Waals surface area contributed by atoms with E-state index in [0.29, 0.717) is 5.69 Å². The minimum absolute atomic E-state index is 0.0289. The number of benzene rings is 1. The van der Waals surface area contributed by atoms with E-state index in [-0.39, 0.29) is 11.8 Å². The van der Waals surface area contributed by atoms with E-state index in [1.54, 1.807) is 6.20 Å². The van der Waals surface area contributed by atoms with E-state index in [2.05, 4.69) is 47.5 Å². The van der Waals surface area contributed by atoms with Crippen LogP contribution in [0.25, 0.3) is 44.3 Å². The monoisotopic (exact) mass is 479 g/mol. The highest BCUT2D eigenvalue weighted by atomic mass is 16.1. The molecule has 0 aliphatic carbocycles. The molecule has 0 unspecified atom stereocenters. The van der Waals surface area contributed by atoms with Crippen LogP contribution >= 0.6 is 0 Å². The van der Waals surface area contributed by atoms with E-state index < -0.39 is 0 Å². The third-order valence-corrected chi connectivity index (χ3v) is 6.90. The number of anilines is 2. The van der Waals surface area contributed by atoms with Crippen molar-refractivity contribution in [1.29, 1.82) is 0 Å². The molecule has 1 fully saturated rings. The van der Waals surface area contributed by atoms with Crippen LogP contribution in [-0.2, 0) is 4.79 Å². The van der Waals surface area contributed by atoms with Gasteiger partial charge < -0.3 is 15.2 Å². The van der Waals surface area contributed by atoms with Gasteiger partial charge in [-0.05, 0) is 49.1 Å².